The van der Waals surface area contributed by atoms with E-state index in [0.717, 1.165) is 53.1 Å². The summed E-state index contributed by atoms with van der Waals surface area (Å²) in [5.41, 5.74) is 4.53. The second kappa shape index (κ2) is 13.8. The maximum Gasteiger partial charge on any atom is 0.410 e. The van der Waals surface area contributed by atoms with Gasteiger partial charge in [-0.1, -0.05) is 56.3 Å². The summed E-state index contributed by atoms with van der Waals surface area (Å²) in [4.78, 5) is 14.6. The number of hydrogen-bond acceptors (Lipinski definition) is 8. The Morgan fingerprint density at radius 3 is 2.51 bits per heavy atom. The molecule has 9 nitrogen and oxygen atoms in total. The molecular formula is C33H41N3O6S. The molecule has 2 aliphatic rings. The maximum atomic E-state index is 12.6. The molecule has 0 bridgehead atoms. The molecule has 1 atom stereocenters. The van der Waals surface area contributed by atoms with Crippen LogP contribution in [0.5, 0.6) is 5.75 Å². The van der Waals surface area contributed by atoms with Crippen LogP contribution in [-0.2, 0) is 32.5 Å². The van der Waals surface area contributed by atoms with E-state index in [1.807, 2.05) is 54.6 Å². The molecule has 230 valence electrons. The molecule has 2 heterocycles. The first-order valence-electron chi connectivity index (χ1n) is 14.9. The number of carbonyl (C=O) groups excluding carboxylic acids is 1. The van der Waals surface area contributed by atoms with E-state index in [2.05, 4.69) is 24.5 Å². The quantitative estimate of drug-likeness (QED) is 0.293. The fourth-order valence-corrected chi connectivity index (χ4v) is 6.06. The summed E-state index contributed by atoms with van der Waals surface area (Å²) >= 11 is 0. The number of benzene rings is 3. The molecule has 0 aliphatic carbocycles. The number of anilines is 1. The van der Waals surface area contributed by atoms with E-state index < -0.39 is 9.84 Å². The van der Waals surface area contributed by atoms with Gasteiger partial charge in [-0.15, -0.1) is 0 Å². The second-order valence-electron chi connectivity index (χ2n) is 11.5. The average molecular weight is 608 g/mol. The van der Waals surface area contributed by atoms with Crippen LogP contribution in [0.4, 0.5) is 10.5 Å². The minimum Gasteiger partial charge on any atom is -0.464 e. The minimum atomic E-state index is -3.35. The molecule has 1 saturated heterocycles. The third-order valence-electron chi connectivity index (χ3n) is 7.82. The van der Waals surface area contributed by atoms with Gasteiger partial charge in [0.1, 0.15) is 12.4 Å². The Balaban J connectivity index is 1.20. The molecule has 5 rings (SSSR count). The molecule has 2 N–H and O–H groups in total. The van der Waals surface area contributed by atoms with Crippen LogP contribution >= 0.6 is 0 Å². The maximum absolute atomic E-state index is 12.6. The van der Waals surface area contributed by atoms with Crippen LogP contribution in [0.25, 0.3) is 11.1 Å². The molecule has 2 aliphatic heterocycles. The molecule has 0 saturated carbocycles. The Labute approximate surface area is 254 Å². The van der Waals surface area contributed by atoms with Gasteiger partial charge in [0.05, 0.1) is 11.5 Å². The highest BCUT2D eigenvalue weighted by Crippen LogP contribution is 2.37. The van der Waals surface area contributed by atoms with Crippen molar-refractivity contribution in [2.45, 2.75) is 57.1 Å². The van der Waals surface area contributed by atoms with Crippen LogP contribution in [0.3, 0.4) is 0 Å². The summed E-state index contributed by atoms with van der Waals surface area (Å²) in [5.74, 6) is 0.956. The van der Waals surface area contributed by atoms with E-state index >= 15 is 0 Å². The van der Waals surface area contributed by atoms with Gasteiger partial charge in [-0.3, -0.25) is 0 Å². The number of carbonyl (C=O) groups is 1. The van der Waals surface area contributed by atoms with Crippen molar-refractivity contribution in [1.29, 1.82) is 0 Å². The number of fused-ring (bicyclic) bond motifs is 1. The third-order valence-corrected chi connectivity index (χ3v) is 8.93. The predicted octanol–water partition coefficient (Wildman–Crippen LogP) is 5.45. The van der Waals surface area contributed by atoms with E-state index in [1.165, 1.54) is 6.26 Å². The van der Waals surface area contributed by atoms with Crippen LogP contribution in [0, 0.1) is 5.92 Å². The Morgan fingerprint density at radius 1 is 1.02 bits per heavy atom. The van der Waals surface area contributed by atoms with Crippen molar-refractivity contribution < 1.29 is 27.4 Å². The largest absolute Gasteiger partial charge is 0.464 e. The Hall–Kier alpha value is -3.60. The summed E-state index contributed by atoms with van der Waals surface area (Å²) < 4.78 is 42.4. The summed E-state index contributed by atoms with van der Waals surface area (Å²) in [5, 5.41) is 6.78. The lowest BCUT2D eigenvalue weighted by atomic mass is 9.95. The summed E-state index contributed by atoms with van der Waals surface area (Å²) in [6, 6.07) is 21.2. The average Bonchev–Trinajstić information content (AvgIpc) is 3.01. The van der Waals surface area contributed by atoms with Crippen molar-refractivity contribution in [3.05, 3.63) is 77.9 Å². The molecule has 43 heavy (non-hydrogen) atoms. The first kappa shape index (κ1) is 30.8. The standard InChI is InChI=1S/C33H41N3O6S/c1-23(2)34-15-16-35-30-20-28(43(3,38)39)10-11-29(30)26-9-12-31-27(19-26)22-40-32(42-31)25-13-17-36(18-14-25)33(37)41-21-24-7-5-4-6-8-24/h4-12,19-20,23,25,32,34-35H,13-18,21-22H2,1-3H3. The van der Waals surface area contributed by atoms with Gasteiger partial charge in [0.2, 0.25) is 6.29 Å². The van der Waals surface area contributed by atoms with Crippen LogP contribution in [0.1, 0.15) is 37.8 Å². The van der Waals surface area contributed by atoms with Gasteiger partial charge in [0.15, 0.2) is 9.84 Å². The second-order valence-corrected chi connectivity index (χ2v) is 13.5. The summed E-state index contributed by atoms with van der Waals surface area (Å²) in [6.45, 7) is 7.45. The third kappa shape index (κ3) is 8.07. The number of amides is 1. The smallest absolute Gasteiger partial charge is 0.410 e. The van der Waals surface area contributed by atoms with Crippen LogP contribution in [0.2, 0.25) is 0 Å². The number of piperidine rings is 1. The normalized spacial score (nSPS) is 17.3. The predicted molar refractivity (Wildman–Crippen MR) is 167 cm³/mol. The van der Waals surface area contributed by atoms with E-state index in [4.69, 9.17) is 14.2 Å². The molecule has 0 aromatic heterocycles. The van der Waals surface area contributed by atoms with E-state index in [1.54, 1.807) is 17.0 Å². The highest BCUT2D eigenvalue weighted by Gasteiger charge is 2.33. The minimum absolute atomic E-state index is 0.171. The van der Waals surface area contributed by atoms with Crippen LogP contribution < -0.4 is 15.4 Å². The lowest BCUT2D eigenvalue weighted by molar-refractivity contribution is -0.148. The number of likely N-dealkylation sites (tertiary alicyclic amines) is 1. The van der Waals surface area contributed by atoms with Crippen LogP contribution in [0.15, 0.2) is 71.6 Å². The van der Waals surface area contributed by atoms with Crippen molar-refractivity contribution in [2.24, 2.45) is 5.92 Å². The zero-order chi connectivity index (χ0) is 30.4. The molecule has 1 amide bonds. The van der Waals surface area contributed by atoms with Gasteiger partial charge in [-0.25, -0.2) is 13.2 Å². The molecule has 1 unspecified atom stereocenters. The van der Waals surface area contributed by atoms with Gasteiger partial charge in [-0.2, -0.15) is 0 Å². The Kier molecular flexibility index (Phi) is 9.90. The van der Waals surface area contributed by atoms with Gasteiger partial charge in [0.25, 0.3) is 0 Å². The van der Waals surface area contributed by atoms with Crippen molar-refractivity contribution in [3.63, 3.8) is 0 Å². The van der Waals surface area contributed by atoms with Gasteiger partial charge in [0, 0.05) is 61.2 Å². The molecular weight excluding hydrogens is 566 g/mol. The molecule has 3 aromatic rings. The topological polar surface area (TPSA) is 106 Å². The monoisotopic (exact) mass is 607 g/mol. The number of nitrogens with one attached hydrogen (secondary N) is 2. The van der Waals surface area contributed by atoms with Gasteiger partial charge in [-0.05, 0) is 48.2 Å². The number of rotatable bonds is 10. The number of nitrogens with zero attached hydrogens (tertiary/aromatic N) is 1. The van der Waals surface area contributed by atoms with Gasteiger partial charge < -0.3 is 29.7 Å². The first-order valence-corrected chi connectivity index (χ1v) is 16.7. The van der Waals surface area contributed by atoms with E-state index in [-0.39, 0.29) is 29.8 Å². The number of hydrogen-bond donors (Lipinski definition) is 2. The van der Waals surface area contributed by atoms with E-state index in [0.29, 0.717) is 32.3 Å². The van der Waals surface area contributed by atoms with E-state index in [9.17, 15) is 13.2 Å². The Morgan fingerprint density at radius 2 is 1.79 bits per heavy atom. The van der Waals surface area contributed by atoms with Gasteiger partial charge >= 0.3 is 6.09 Å². The number of sulfone groups is 1. The highest BCUT2D eigenvalue weighted by molar-refractivity contribution is 7.90. The molecule has 1 fully saturated rings. The molecule has 0 radical (unpaired) electrons. The summed E-state index contributed by atoms with van der Waals surface area (Å²) in [6.07, 6.45) is 2.09. The summed E-state index contributed by atoms with van der Waals surface area (Å²) in [7, 11) is -3.35. The fraction of sp³-hybridized carbons (Fsp3) is 0.424. The molecule has 0 spiro atoms. The first-order chi connectivity index (χ1) is 20.7. The Bertz CT molecular complexity index is 1500. The highest BCUT2D eigenvalue weighted by atomic mass is 32.2. The van der Waals surface area contributed by atoms with Crippen molar-refractivity contribution in [1.82, 2.24) is 10.2 Å². The lowest BCUT2D eigenvalue weighted by Gasteiger charge is -2.37. The fourth-order valence-electron chi connectivity index (χ4n) is 5.41. The van der Waals surface area contributed by atoms with Crippen molar-refractivity contribution in [3.8, 4) is 16.9 Å². The number of ether oxygens (including phenoxy) is 3. The molecule has 10 heteroatoms. The van der Waals surface area contributed by atoms with Crippen molar-refractivity contribution in [2.75, 3.05) is 37.8 Å². The zero-order valence-electron chi connectivity index (χ0n) is 25.0. The zero-order valence-corrected chi connectivity index (χ0v) is 25.9. The van der Waals surface area contributed by atoms with Crippen molar-refractivity contribution >= 4 is 21.6 Å². The van der Waals surface area contributed by atoms with Crippen LogP contribution in [-0.4, -0.2) is 64.2 Å². The lowest BCUT2D eigenvalue weighted by Crippen LogP contribution is -2.44. The molecule has 3 aromatic carbocycles. The SMILES string of the molecule is CC(C)NCCNc1cc(S(C)(=O)=O)ccc1-c1ccc2c(c1)COC(C1CCN(C(=O)OCc3ccccc3)CC1)O2.